The molecule has 1 aromatic heterocycles. The predicted octanol–water partition coefficient (Wildman–Crippen LogP) is 3.47. The van der Waals surface area contributed by atoms with Gasteiger partial charge in [-0.25, -0.2) is 0 Å². The van der Waals surface area contributed by atoms with Gasteiger partial charge in [-0.3, -0.25) is 0 Å². The zero-order valence-electron chi connectivity index (χ0n) is 11.8. The smallest absolute Gasteiger partial charge is 0.0505 e. The number of thiophene rings is 1. The lowest BCUT2D eigenvalue weighted by molar-refractivity contribution is 0.691. The largest absolute Gasteiger partial charge is 0.322 e. The van der Waals surface area contributed by atoms with Crippen LogP contribution in [0.1, 0.15) is 9.75 Å². The number of rotatable bonds is 4. The van der Waals surface area contributed by atoms with E-state index in [0.717, 1.165) is 16.1 Å². The van der Waals surface area contributed by atoms with E-state index in [-0.39, 0.29) is 12.1 Å². The summed E-state index contributed by atoms with van der Waals surface area (Å²) in [5, 5.41) is 0. The van der Waals surface area contributed by atoms with Crippen LogP contribution in [0.4, 0.5) is 0 Å². The summed E-state index contributed by atoms with van der Waals surface area (Å²) in [6.45, 7) is 5.85. The fourth-order valence-corrected chi connectivity index (χ4v) is 3.87. The Hall–Kier alpha value is -1.07. The van der Waals surface area contributed by atoms with Gasteiger partial charge in [-0.1, -0.05) is 24.8 Å². The van der Waals surface area contributed by atoms with Gasteiger partial charge in [-0.2, -0.15) is 0 Å². The monoisotopic (exact) mass is 304 g/mol. The van der Waals surface area contributed by atoms with Crippen molar-refractivity contribution < 1.29 is 0 Å². The minimum Gasteiger partial charge on any atom is -0.322 e. The number of hydrogen-bond acceptors (Lipinski definition) is 4. The lowest BCUT2D eigenvalue weighted by Crippen LogP contribution is -2.45. The maximum atomic E-state index is 6.35. The van der Waals surface area contributed by atoms with Crippen LogP contribution in [0.15, 0.2) is 53.5 Å². The second-order valence-corrected chi connectivity index (χ2v) is 6.81. The van der Waals surface area contributed by atoms with E-state index < -0.39 is 0 Å². The van der Waals surface area contributed by atoms with Gasteiger partial charge in [-0.05, 0) is 42.5 Å². The van der Waals surface area contributed by atoms with Crippen molar-refractivity contribution in [2.45, 2.75) is 19.0 Å². The van der Waals surface area contributed by atoms with E-state index in [4.69, 9.17) is 11.5 Å². The highest BCUT2D eigenvalue weighted by atomic mass is 32.2. The first-order chi connectivity index (χ1) is 9.58. The van der Waals surface area contributed by atoms with Gasteiger partial charge >= 0.3 is 0 Å². The van der Waals surface area contributed by atoms with Crippen LogP contribution in [0.2, 0.25) is 0 Å². The first kappa shape index (κ1) is 15.3. The molecule has 20 heavy (non-hydrogen) atoms. The van der Waals surface area contributed by atoms with Gasteiger partial charge < -0.3 is 11.5 Å². The zero-order valence-corrected chi connectivity index (χ0v) is 13.4. The zero-order chi connectivity index (χ0) is 14.7. The molecule has 2 atom stereocenters. The van der Waals surface area contributed by atoms with Crippen LogP contribution >= 0.6 is 23.1 Å². The second kappa shape index (κ2) is 6.59. The van der Waals surface area contributed by atoms with Crippen molar-refractivity contribution in [1.29, 1.82) is 0 Å². The summed E-state index contributed by atoms with van der Waals surface area (Å²) >= 11 is 3.42. The molecule has 4 N–H and O–H groups in total. The summed E-state index contributed by atoms with van der Waals surface area (Å²) in [5.74, 6) is 0. The molecule has 2 rings (SSSR count). The van der Waals surface area contributed by atoms with Crippen LogP contribution in [0.5, 0.6) is 0 Å². The van der Waals surface area contributed by atoms with E-state index in [9.17, 15) is 0 Å². The number of aryl methyl sites for hydroxylation is 1. The number of thioether (sulfide) groups is 1. The fourth-order valence-electron chi connectivity index (χ4n) is 2.26. The molecule has 2 nitrogen and oxygen atoms in total. The second-order valence-electron chi connectivity index (χ2n) is 4.68. The van der Waals surface area contributed by atoms with Crippen LogP contribution in [-0.2, 0) is 0 Å². The molecule has 1 aromatic rings. The van der Waals surface area contributed by atoms with E-state index in [1.807, 2.05) is 12.3 Å². The van der Waals surface area contributed by atoms with Crippen LogP contribution in [0.3, 0.4) is 0 Å². The first-order valence-electron chi connectivity index (χ1n) is 6.45. The van der Waals surface area contributed by atoms with Gasteiger partial charge in [0.15, 0.2) is 0 Å². The molecule has 0 amide bonds. The Balaban J connectivity index is 2.40. The summed E-state index contributed by atoms with van der Waals surface area (Å²) in [4.78, 5) is 3.62. The van der Waals surface area contributed by atoms with Crippen LogP contribution in [-0.4, -0.2) is 18.3 Å². The Labute approximate surface area is 128 Å². The van der Waals surface area contributed by atoms with E-state index in [1.54, 1.807) is 29.2 Å². The molecule has 1 heterocycles. The Bertz CT molecular complexity index is 593. The minimum atomic E-state index is -0.184. The van der Waals surface area contributed by atoms with Crippen LogP contribution in [0, 0.1) is 6.92 Å². The minimum absolute atomic E-state index is 0.173. The quantitative estimate of drug-likeness (QED) is 0.838. The van der Waals surface area contributed by atoms with Gasteiger partial charge in [0.25, 0.3) is 0 Å². The third kappa shape index (κ3) is 2.99. The van der Waals surface area contributed by atoms with Crippen molar-refractivity contribution in [2.24, 2.45) is 11.5 Å². The molecule has 0 saturated carbocycles. The topological polar surface area (TPSA) is 52.0 Å². The average molecular weight is 304 g/mol. The Morgan fingerprint density at radius 1 is 1.30 bits per heavy atom. The van der Waals surface area contributed by atoms with Crippen molar-refractivity contribution in [3.8, 4) is 0 Å². The molecule has 106 valence electrons. The molecule has 0 radical (unpaired) electrons. The summed E-state index contributed by atoms with van der Waals surface area (Å²) < 4.78 is 0. The maximum absolute atomic E-state index is 6.35. The third-order valence-electron chi connectivity index (χ3n) is 3.35. The lowest BCUT2D eigenvalue weighted by Gasteiger charge is -2.28. The molecule has 1 aliphatic rings. The van der Waals surface area contributed by atoms with Gasteiger partial charge in [0.2, 0.25) is 0 Å². The lowest BCUT2D eigenvalue weighted by atomic mass is 9.88. The highest BCUT2D eigenvalue weighted by Crippen LogP contribution is 2.34. The molecule has 2 unspecified atom stereocenters. The van der Waals surface area contributed by atoms with Crippen molar-refractivity contribution >= 4 is 28.7 Å². The van der Waals surface area contributed by atoms with E-state index in [2.05, 4.69) is 37.8 Å². The van der Waals surface area contributed by atoms with Gasteiger partial charge in [0.1, 0.15) is 0 Å². The summed E-state index contributed by atoms with van der Waals surface area (Å²) in [6.07, 6.45) is 9.99. The molecule has 0 spiro atoms. The van der Waals surface area contributed by atoms with Crippen molar-refractivity contribution in [1.82, 2.24) is 0 Å². The molecule has 4 heteroatoms. The van der Waals surface area contributed by atoms with Gasteiger partial charge in [0, 0.05) is 14.7 Å². The molecule has 0 aliphatic heterocycles. The predicted molar refractivity (Wildman–Crippen MR) is 92.9 cm³/mol. The molecule has 0 fully saturated rings. The summed E-state index contributed by atoms with van der Waals surface area (Å²) in [5.41, 5.74) is 14.9. The highest BCUT2D eigenvalue weighted by Gasteiger charge is 2.27. The summed E-state index contributed by atoms with van der Waals surface area (Å²) in [7, 11) is 0. The molecular formula is C16H20N2S2. The first-order valence-corrected chi connectivity index (χ1v) is 8.49. The van der Waals surface area contributed by atoms with Crippen molar-refractivity contribution in [3.05, 3.63) is 63.2 Å². The average Bonchev–Trinajstić information content (AvgIpc) is 2.86. The van der Waals surface area contributed by atoms with Crippen molar-refractivity contribution in [2.75, 3.05) is 6.26 Å². The number of allylic oxidation sites excluding steroid dienone is 4. The van der Waals surface area contributed by atoms with Crippen molar-refractivity contribution in [3.63, 3.8) is 0 Å². The number of nitrogens with two attached hydrogens (primary N) is 2. The maximum Gasteiger partial charge on any atom is 0.0505 e. The Morgan fingerprint density at radius 3 is 2.60 bits per heavy atom. The summed E-state index contributed by atoms with van der Waals surface area (Å²) in [6, 6.07) is 3.87. The fraction of sp³-hybridized carbons (Fsp3) is 0.250. The van der Waals surface area contributed by atoms with E-state index in [0.29, 0.717) is 0 Å². The molecular weight excluding hydrogens is 284 g/mol. The van der Waals surface area contributed by atoms with E-state index in [1.165, 1.54) is 9.75 Å². The van der Waals surface area contributed by atoms with E-state index >= 15 is 0 Å². The standard InChI is InChI=1S/C16H20N2S2/c1-4-5-13(19-3)11-7-8-12(16(18)15(11)17)14-9-6-10(2)20-14/h4-9,15-16H,1,17-18H2,2-3H3/b13-5-. The molecule has 0 saturated heterocycles. The van der Waals surface area contributed by atoms with Gasteiger partial charge in [-0.15, -0.1) is 23.1 Å². The Kier molecular flexibility index (Phi) is 5.05. The highest BCUT2D eigenvalue weighted by molar-refractivity contribution is 8.02. The molecule has 0 aromatic carbocycles. The number of hydrogen-bond donors (Lipinski definition) is 2. The van der Waals surface area contributed by atoms with Crippen LogP contribution < -0.4 is 11.5 Å². The Morgan fingerprint density at radius 2 is 2.05 bits per heavy atom. The van der Waals surface area contributed by atoms with Gasteiger partial charge in [0.05, 0.1) is 12.1 Å². The SMILES string of the molecule is C=C/C=C(\SC)C1=CC=C(c2ccc(C)s2)C(N)C1N. The normalized spacial score (nSPS) is 23.3. The molecule has 0 bridgehead atoms. The van der Waals surface area contributed by atoms with Crippen LogP contribution in [0.25, 0.3) is 5.57 Å². The third-order valence-corrected chi connectivity index (χ3v) is 5.21. The molecule has 1 aliphatic carbocycles.